The summed E-state index contributed by atoms with van der Waals surface area (Å²) < 4.78 is 30.9. The molecule has 0 spiro atoms. The molecule has 122 valence electrons. The standard InChI is InChI=1S/C12H16N2O6S2/c1-3-21-7-6-12(15)13-22(18,19)11-5-4-9(20-2)8-10(11)14(16)17/h4-5,8H,3,6-7H2,1-2H3,(H,13,15). The molecular formula is C12H16N2O6S2. The topological polar surface area (TPSA) is 116 Å². The van der Waals surface area contributed by atoms with E-state index in [4.69, 9.17) is 4.74 Å². The lowest BCUT2D eigenvalue weighted by Gasteiger charge is -2.08. The Kier molecular flexibility index (Phi) is 6.62. The van der Waals surface area contributed by atoms with Crippen molar-refractivity contribution in [1.29, 1.82) is 0 Å². The van der Waals surface area contributed by atoms with Crippen molar-refractivity contribution in [2.75, 3.05) is 18.6 Å². The fraction of sp³-hybridized carbons (Fsp3) is 0.417. The van der Waals surface area contributed by atoms with Gasteiger partial charge in [-0.25, -0.2) is 13.1 Å². The second-order valence-electron chi connectivity index (χ2n) is 4.07. The average molecular weight is 348 g/mol. The molecule has 0 aliphatic heterocycles. The highest BCUT2D eigenvalue weighted by molar-refractivity contribution is 7.99. The molecule has 1 rings (SSSR count). The molecule has 8 nitrogen and oxygen atoms in total. The number of hydrogen-bond acceptors (Lipinski definition) is 7. The Morgan fingerprint density at radius 3 is 2.68 bits per heavy atom. The molecule has 1 aromatic carbocycles. The Morgan fingerprint density at radius 2 is 2.14 bits per heavy atom. The van der Waals surface area contributed by atoms with Crippen LogP contribution >= 0.6 is 11.8 Å². The van der Waals surface area contributed by atoms with Crippen molar-refractivity contribution >= 4 is 33.4 Å². The fourth-order valence-electron chi connectivity index (χ4n) is 1.56. The molecule has 22 heavy (non-hydrogen) atoms. The molecule has 0 saturated carbocycles. The van der Waals surface area contributed by atoms with E-state index in [2.05, 4.69) is 0 Å². The van der Waals surface area contributed by atoms with Crippen LogP contribution in [0.1, 0.15) is 13.3 Å². The molecule has 1 aromatic rings. The van der Waals surface area contributed by atoms with Crippen LogP contribution in [0.3, 0.4) is 0 Å². The Hall–Kier alpha value is -1.81. The van der Waals surface area contributed by atoms with E-state index in [0.717, 1.165) is 17.9 Å². The van der Waals surface area contributed by atoms with Crippen molar-refractivity contribution in [2.45, 2.75) is 18.2 Å². The number of thioether (sulfide) groups is 1. The second kappa shape index (κ2) is 7.99. The number of hydrogen-bond donors (Lipinski definition) is 1. The van der Waals surface area contributed by atoms with Gasteiger partial charge in [-0.2, -0.15) is 11.8 Å². The molecule has 1 N–H and O–H groups in total. The number of nitrogens with zero attached hydrogens (tertiary/aromatic N) is 1. The first kappa shape index (κ1) is 18.2. The van der Waals surface area contributed by atoms with E-state index < -0.39 is 31.4 Å². The van der Waals surface area contributed by atoms with Gasteiger partial charge in [0.1, 0.15) is 5.75 Å². The van der Waals surface area contributed by atoms with Crippen molar-refractivity contribution < 1.29 is 22.9 Å². The summed E-state index contributed by atoms with van der Waals surface area (Å²) in [7, 11) is -3.00. The largest absolute Gasteiger partial charge is 0.497 e. The van der Waals surface area contributed by atoms with Crippen LogP contribution in [0, 0.1) is 10.1 Å². The lowest BCUT2D eigenvalue weighted by atomic mass is 10.3. The number of benzene rings is 1. The molecule has 0 aliphatic rings. The van der Waals surface area contributed by atoms with Crippen LogP contribution in [-0.4, -0.2) is 37.9 Å². The molecule has 10 heteroatoms. The minimum Gasteiger partial charge on any atom is -0.497 e. The monoisotopic (exact) mass is 348 g/mol. The number of carbonyl (C=O) groups is 1. The van der Waals surface area contributed by atoms with Crippen molar-refractivity contribution in [3.05, 3.63) is 28.3 Å². The average Bonchev–Trinajstić information content (AvgIpc) is 2.46. The number of methoxy groups -OCH3 is 1. The molecule has 0 atom stereocenters. The van der Waals surface area contributed by atoms with E-state index in [9.17, 15) is 23.3 Å². The predicted octanol–water partition coefficient (Wildman–Crippen LogP) is 1.55. The molecule has 0 bridgehead atoms. The number of amides is 1. The molecular weight excluding hydrogens is 332 g/mol. The van der Waals surface area contributed by atoms with Crippen LogP contribution in [0.5, 0.6) is 5.75 Å². The number of rotatable bonds is 8. The van der Waals surface area contributed by atoms with E-state index >= 15 is 0 Å². The summed E-state index contributed by atoms with van der Waals surface area (Å²) in [5.74, 6) is 0.731. The van der Waals surface area contributed by atoms with Crippen LogP contribution in [-0.2, 0) is 14.8 Å². The normalized spacial score (nSPS) is 11.0. The zero-order valence-corrected chi connectivity index (χ0v) is 13.7. The maximum Gasteiger partial charge on any atom is 0.293 e. The number of sulfonamides is 1. The minimum atomic E-state index is -4.30. The van der Waals surface area contributed by atoms with Gasteiger partial charge in [0.25, 0.3) is 15.7 Å². The van der Waals surface area contributed by atoms with Crippen molar-refractivity contribution in [3.63, 3.8) is 0 Å². The molecule has 0 aromatic heterocycles. The molecule has 0 fully saturated rings. The number of carbonyl (C=O) groups excluding carboxylic acids is 1. The molecule has 0 radical (unpaired) electrons. The van der Waals surface area contributed by atoms with Crippen LogP contribution < -0.4 is 9.46 Å². The third-order valence-corrected chi connectivity index (χ3v) is 4.90. The number of nitro groups is 1. The van der Waals surface area contributed by atoms with E-state index in [1.54, 1.807) is 0 Å². The third kappa shape index (κ3) is 4.88. The zero-order chi connectivity index (χ0) is 16.8. The lowest BCUT2D eigenvalue weighted by molar-refractivity contribution is -0.387. The summed E-state index contributed by atoms with van der Waals surface area (Å²) in [4.78, 5) is 21.2. The van der Waals surface area contributed by atoms with Crippen LogP contribution in [0.2, 0.25) is 0 Å². The van der Waals surface area contributed by atoms with Crippen LogP contribution in [0.15, 0.2) is 23.1 Å². The summed E-state index contributed by atoms with van der Waals surface area (Å²) in [6.07, 6.45) is 0.0156. The van der Waals surface area contributed by atoms with Crippen LogP contribution in [0.4, 0.5) is 5.69 Å². The Labute approximate surface area is 132 Å². The van der Waals surface area contributed by atoms with Gasteiger partial charge in [0.15, 0.2) is 4.90 Å². The third-order valence-electron chi connectivity index (χ3n) is 2.58. The van der Waals surface area contributed by atoms with Gasteiger partial charge in [0.05, 0.1) is 18.1 Å². The Balaban J connectivity index is 3.02. The number of nitrogens with one attached hydrogen (secondary N) is 1. The van der Waals surface area contributed by atoms with Gasteiger partial charge in [0, 0.05) is 12.2 Å². The second-order valence-corrected chi connectivity index (χ2v) is 7.11. The first-order chi connectivity index (χ1) is 10.3. The van der Waals surface area contributed by atoms with Gasteiger partial charge in [0.2, 0.25) is 5.91 Å². The van der Waals surface area contributed by atoms with E-state index in [1.165, 1.54) is 24.9 Å². The van der Waals surface area contributed by atoms with Gasteiger partial charge in [-0.15, -0.1) is 0 Å². The smallest absolute Gasteiger partial charge is 0.293 e. The molecule has 0 heterocycles. The van der Waals surface area contributed by atoms with Gasteiger partial charge in [-0.05, 0) is 17.9 Å². The highest BCUT2D eigenvalue weighted by Crippen LogP contribution is 2.28. The van der Waals surface area contributed by atoms with E-state index in [1.807, 2.05) is 11.6 Å². The fourth-order valence-corrected chi connectivity index (χ4v) is 3.35. The van der Waals surface area contributed by atoms with E-state index in [-0.39, 0.29) is 12.2 Å². The molecule has 0 aliphatic carbocycles. The van der Waals surface area contributed by atoms with E-state index in [0.29, 0.717) is 5.75 Å². The van der Waals surface area contributed by atoms with Crippen molar-refractivity contribution in [2.24, 2.45) is 0 Å². The van der Waals surface area contributed by atoms with Crippen LogP contribution in [0.25, 0.3) is 0 Å². The highest BCUT2D eigenvalue weighted by Gasteiger charge is 2.27. The van der Waals surface area contributed by atoms with Gasteiger partial charge < -0.3 is 4.74 Å². The number of nitro benzene ring substituents is 1. The summed E-state index contributed by atoms with van der Waals surface area (Å²) in [5.41, 5.74) is -0.650. The zero-order valence-electron chi connectivity index (χ0n) is 12.1. The van der Waals surface area contributed by atoms with Gasteiger partial charge in [-0.3, -0.25) is 14.9 Å². The van der Waals surface area contributed by atoms with Gasteiger partial charge >= 0.3 is 0 Å². The lowest BCUT2D eigenvalue weighted by Crippen LogP contribution is -2.31. The van der Waals surface area contributed by atoms with Gasteiger partial charge in [-0.1, -0.05) is 6.92 Å². The highest BCUT2D eigenvalue weighted by atomic mass is 32.2. The molecule has 1 amide bonds. The maximum absolute atomic E-state index is 12.1. The maximum atomic E-state index is 12.1. The predicted molar refractivity (Wildman–Crippen MR) is 82.6 cm³/mol. The molecule has 0 saturated heterocycles. The first-order valence-electron chi connectivity index (χ1n) is 6.27. The molecule has 0 unspecified atom stereocenters. The Morgan fingerprint density at radius 1 is 1.45 bits per heavy atom. The minimum absolute atomic E-state index is 0.0156. The number of ether oxygens (including phenoxy) is 1. The first-order valence-corrected chi connectivity index (χ1v) is 8.91. The summed E-state index contributed by atoms with van der Waals surface area (Å²) in [6.45, 7) is 1.92. The van der Waals surface area contributed by atoms with Crippen molar-refractivity contribution in [1.82, 2.24) is 4.72 Å². The summed E-state index contributed by atoms with van der Waals surface area (Å²) >= 11 is 1.49. The van der Waals surface area contributed by atoms with Crippen molar-refractivity contribution in [3.8, 4) is 5.75 Å². The summed E-state index contributed by atoms with van der Waals surface area (Å²) in [6, 6.07) is 3.30. The Bertz CT molecular complexity index is 660. The summed E-state index contributed by atoms with van der Waals surface area (Å²) in [5, 5.41) is 11.0. The SMILES string of the molecule is CCSCCC(=O)NS(=O)(=O)c1ccc(OC)cc1[N+](=O)[O-]. The quantitative estimate of drug-likeness (QED) is 0.430.